The van der Waals surface area contributed by atoms with Gasteiger partial charge < -0.3 is 9.84 Å². The van der Waals surface area contributed by atoms with Crippen molar-refractivity contribution in [3.63, 3.8) is 0 Å². The average molecular weight is 301 g/mol. The highest BCUT2D eigenvalue weighted by Crippen LogP contribution is 2.30. The Labute approximate surface area is 108 Å². The smallest absolute Gasteiger partial charge is 0.317 e. The first-order valence-corrected chi connectivity index (χ1v) is 5.71. The molecule has 1 N–H and O–H groups in total. The summed E-state index contributed by atoms with van der Waals surface area (Å²) in [5.41, 5.74) is -1.22. The van der Waals surface area contributed by atoms with Crippen molar-refractivity contribution in [2.24, 2.45) is 5.41 Å². The molecule has 0 saturated heterocycles. The number of hydrogen-bond donors (Lipinski definition) is 1. The van der Waals surface area contributed by atoms with Gasteiger partial charge in [0.1, 0.15) is 11.2 Å². The van der Waals surface area contributed by atoms with Gasteiger partial charge in [-0.1, -0.05) is 15.9 Å². The predicted octanol–water partition coefficient (Wildman–Crippen LogP) is 2.75. The van der Waals surface area contributed by atoms with E-state index in [9.17, 15) is 9.59 Å². The molecule has 0 aromatic heterocycles. The Hall–Kier alpha value is -1.36. The minimum atomic E-state index is -1.48. The summed E-state index contributed by atoms with van der Waals surface area (Å²) in [4.78, 5) is 23.2. The number of carboxylic acids is 1. The summed E-state index contributed by atoms with van der Waals surface area (Å²) in [6.07, 6.45) is 0. The first-order valence-electron chi connectivity index (χ1n) is 4.92. The van der Waals surface area contributed by atoms with Crippen molar-refractivity contribution in [3.8, 4) is 5.75 Å². The zero-order valence-corrected chi connectivity index (χ0v) is 11.4. The lowest BCUT2D eigenvalue weighted by Gasteiger charge is -2.19. The molecule has 5 heteroatoms. The van der Waals surface area contributed by atoms with Crippen LogP contribution in [0.3, 0.4) is 0 Å². The van der Waals surface area contributed by atoms with Gasteiger partial charge in [-0.2, -0.15) is 0 Å². The molecule has 0 aliphatic rings. The number of aliphatic carboxylic acids is 1. The van der Waals surface area contributed by atoms with Gasteiger partial charge in [0.2, 0.25) is 0 Å². The molecule has 92 valence electrons. The second kappa shape index (κ2) is 4.87. The van der Waals surface area contributed by atoms with Gasteiger partial charge in [0.05, 0.1) is 12.7 Å². The molecule has 0 aliphatic heterocycles. The normalized spacial score (nSPS) is 11.1. The number of benzene rings is 1. The third-order valence-electron chi connectivity index (χ3n) is 2.51. The van der Waals surface area contributed by atoms with E-state index in [0.717, 1.165) is 0 Å². The van der Waals surface area contributed by atoms with Crippen molar-refractivity contribution in [1.82, 2.24) is 0 Å². The number of halogens is 1. The monoisotopic (exact) mass is 300 g/mol. The van der Waals surface area contributed by atoms with Crippen LogP contribution < -0.4 is 4.74 Å². The Morgan fingerprint density at radius 3 is 2.41 bits per heavy atom. The molecule has 0 radical (unpaired) electrons. The second-order valence-electron chi connectivity index (χ2n) is 4.10. The molecule has 0 fully saturated rings. The summed E-state index contributed by atoms with van der Waals surface area (Å²) >= 11 is 3.24. The van der Waals surface area contributed by atoms with Crippen molar-refractivity contribution in [3.05, 3.63) is 28.2 Å². The molecule has 1 aromatic rings. The van der Waals surface area contributed by atoms with Gasteiger partial charge in [-0.15, -0.1) is 0 Å². The van der Waals surface area contributed by atoms with E-state index in [2.05, 4.69) is 15.9 Å². The molecule has 0 atom stereocenters. The van der Waals surface area contributed by atoms with Crippen LogP contribution in [0.2, 0.25) is 0 Å². The van der Waals surface area contributed by atoms with Crippen LogP contribution >= 0.6 is 15.9 Å². The highest BCUT2D eigenvalue weighted by Gasteiger charge is 2.37. The van der Waals surface area contributed by atoms with E-state index in [1.165, 1.54) is 21.0 Å². The Morgan fingerprint density at radius 1 is 1.35 bits per heavy atom. The lowest BCUT2D eigenvalue weighted by molar-refractivity contribution is -0.144. The number of carbonyl (C=O) groups is 2. The summed E-state index contributed by atoms with van der Waals surface area (Å²) in [7, 11) is 1.44. The average Bonchev–Trinajstić information content (AvgIpc) is 2.27. The van der Waals surface area contributed by atoms with E-state index in [1.807, 2.05) is 0 Å². The summed E-state index contributed by atoms with van der Waals surface area (Å²) in [5.74, 6) is -1.28. The maximum Gasteiger partial charge on any atom is 0.317 e. The van der Waals surface area contributed by atoms with E-state index >= 15 is 0 Å². The van der Waals surface area contributed by atoms with E-state index < -0.39 is 17.2 Å². The molecular formula is C12H13BrO4. The Kier molecular flexibility index (Phi) is 3.93. The molecule has 0 aliphatic carbocycles. The minimum Gasteiger partial charge on any atom is -0.496 e. The SMILES string of the molecule is COc1ccc(Br)cc1C(=O)C(C)(C)C(=O)O. The molecule has 0 amide bonds. The Balaban J connectivity index is 3.29. The van der Waals surface area contributed by atoms with Crippen LogP contribution in [-0.4, -0.2) is 24.0 Å². The highest BCUT2D eigenvalue weighted by molar-refractivity contribution is 9.10. The third kappa shape index (κ3) is 2.66. The lowest BCUT2D eigenvalue weighted by Crippen LogP contribution is -2.33. The number of Topliss-reactive ketones (excluding diaryl/α,β-unsaturated/α-hetero) is 1. The zero-order valence-electron chi connectivity index (χ0n) is 9.78. The third-order valence-corrected chi connectivity index (χ3v) is 3.00. The van der Waals surface area contributed by atoms with Crippen LogP contribution in [0.5, 0.6) is 5.75 Å². The maximum absolute atomic E-state index is 12.2. The number of methoxy groups -OCH3 is 1. The van der Waals surface area contributed by atoms with Gasteiger partial charge in [0.25, 0.3) is 0 Å². The van der Waals surface area contributed by atoms with E-state index in [-0.39, 0.29) is 5.56 Å². The molecule has 1 aromatic carbocycles. The van der Waals surface area contributed by atoms with Gasteiger partial charge in [0, 0.05) is 4.47 Å². The standard InChI is InChI=1S/C12H13BrO4/c1-12(2,11(15)16)10(14)8-6-7(13)4-5-9(8)17-3/h4-6H,1-3H3,(H,15,16). The van der Waals surface area contributed by atoms with Crippen LogP contribution in [-0.2, 0) is 4.79 Å². The molecule has 1 rings (SSSR count). The second-order valence-corrected chi connectivity index (χ2v) is 5.02. The Bertz CT molecular complexity index is 466. The van der Waals surface area contributed by atoms with Crippen molar-refractivity contribution >= 4 is 27.7 Å². The molecule has 17 heavy (non-hydrogen) atoms. The molecule has 0 heterocycles. The quantitative estimate of drug-likeness (QED) is 0.686. The molecule has 0 bridgehead atoms. The summed E-state index contributed by atoms with van der Waals surface area (Å²) in [5, 5.41) is 9.03. The van der Waals surface area contributed by atoms with Gasteiger partial charge in [-0.3, -0.25) is 9.59 Å². The summed E-state index contributed by atoms with van der Waals surface area (Å²) in [6.45, 7) is 2.75. The fourth-order valence-corrected chi connectivity index (χ4v) is 1.65. The molecule has 0 spiro atoms. The maximum atomic E-state index is 12.2. The number of rotatable bonds is 4. The minimum absolute atomic E-state index is 0.259. The van der Waals surface area contributed by atoms with Gasteiger partial charge in [-0.05, 0) is 32.0 Å². The summed E-state index contributed by atoms with van der Waals surface area (Å²) in [6, 6.07) is 4.91. The number of ketones is 1. The van der Waals surface area contributed by atoms with Crippen molar-refractivity contribution in [2.45, 2.75) is 13.8 Å². The summed E-state index contributed by atoms with van der Waals surface area (Å²) < 4.78 is 5.76. The Morgan fingerprint density at radius 2 is 1.94 bits per heavy atom. The largest absolute Gasteiger partial charge is 0.496 e. The molecule has 4 nitrogen and oxygen atoms in total. The van der Waals surface area contributed by atoms with Crippen molar-refractivity contribution < 1.29 is 19.4 Å². The number of carbonyl (C=O) groups excluding carboxylic acids is 1. The van der Waals surface area contributed by atoms with Gasteiger partial charge >= 0.3 is 5.97 Å². The van der Waals surface area contributed by atoms with Crippen LogP contribution in [0.15, 0.2) is 22.7 Å². The lowest BCUT2D eigenvalue weighted by atomic mass is 9.84. The van der Waals surface area contributed by atoms with Crippen LogP contribution in [0.4, 0.5) is 0 Å². The topological polar surface area (TPSA) is 63.6 Å². The van der Waals surface area contributed by atoms with Crippen molar-refractivity contribution in [1.29, 1.82) is 0 Å². The van der Waals surface area contributed by atoms with E-state index in [0.29, 0.717) is 10.2 Å². The zero-order chi connectivity index (χ0) is 13.2. The van der Waals surface area contributed by atoms with Crippen molar-refractivity contribution in [2.75, 3.05) is 7.11 Å². The van der Waals surface area contributed by atoms with Gasteiger partial charge in [-0.25, -0.2) is 0 Å². The van der Waals surface area contributed by atoms with Crippen LogP contribution in [0.25, 0.3) is 0 Å². The predicted molar refractivity (Wildman–Crippen MR) is 66.4 cm³/mol. The van der Waals surface area contributed by atoms with E-state index in [1.54, 1.807) is 18.2 Å². The first kappa shape index (κ1) is 13.7. The molecular weight excluding hydrogens is 288 g/mol. The van der Waals surface area contributed by atoms with E-state index in [4.69, 9.17) is 9.84 Å². The van der Waals surface area contributed by atoms with Crippen LogP contribution in [0, 0.1) is 5.41 Å². The van der Waals surface area contributed by atoms with Gasteiger partial charge in [0.15, 0.2) is 5.78 Å². The fraction of sp³-hybridized carbons (Fsp3) is 0.333. The fourth-order valence-electron chi connectivity index (χ4n) is 1.29. The first-order chi connectivity index (χ1) is 7.80. The molecule has 0 saturated carbocycles. The number of carboxylic acid groups (broad SMARTS) is 1. The highest BCUT2D eigenvalue weighted by atomic mass is 79.9. The number of ether oxygens (including phenoxy) is 1. The molecule has 0 unspecified atom stereocenters. The van der Waals surface area contributed by atoms with Crippen LogP contribution in [0.1, 0.15) is 24.2 Å². The number of hydrogen-bond acceptors (Lipinski definition) is 3.